The van der Waals surface area contributed by atoms with E-state index in [9.17, 15) is 9.90 Å². The van der Waals surface area contributed by atoms with E-state index in [4.69, 9.17) is 4.74 Å². The second-order valence-electron chi connectivity index (χ2n) is 4.83. The van der Waals surface area contributed by atoms with Crippen molar-refractivity contribution in [3.8, 4) is 11.5 Å². The quantitative estimate of drug-likeness (QED) is 0.600. The monoisotopic (exact) mass is 376 g/mol. The van der Waals surface area contributed by atoms with Crippen molar-refractivity contribution < 1.29 is 14.6 Å². The summed E-state index contributed by atoms with van der Waals surface area (Å²) in [6.07, 6.45) is 2.53. The standard InChI is InChI=1S/C17H17BrN2O3/c1-23-15-10-13(9-14(18)17(15)22)11-19-20-16(21)8-7-12-5-3-2-4-6-12/h2-6,9-11,22H,7-8H2,1H3,(H,20,21). The van der Waals surface area contributed by atoms with Crippen LogP contribution < -0.4 is 10.2 Å². The normalized spacial score (nSPS) is 10.7. The third-order valence-electron chi connectivity index (χ3n) is 3.16. The van der Waals surface area contributed by atoms with Gasteiger partial charge in [-0.25, -0.2) is 5.43 Å². The zero-order valence-electron chi connectivity index (χ0n) is 12.6. The molecule has 0 fully saturated rings. The van der Waals surface area contributed by atoms with Crippen LogP contribution in [-0.4, -0.2) is 24.3 Å². The van der Waals surface area contributed by atoms with Crippen LogP contribution in [-0.2, 0) is 11.2 Å². The van der Waals surface area contributed by atoms with Gasteiger partial charge in [-0.1, -0.05) is 30.3 Å². The van der Waals surface area contributed by atoms with Crippen molar-refractivity contribution in [2.24, 2.45) is 5.10 Å². The van der Waals surface area contributed by atoms with E-state index in [0.717, 1.165) is 5.56 Å². The molecule has 2 N–H and O–H groups in total. The van der Waals surface area contributed by atoms with Gasteiger partial charge >= 0.3 is 0 Å². The van der Waals surface area contributed by atoms with Gasteiger partial charge in [0.15, 0.2) is 11.5 Å². The number of nitrogens with one attached hydrogen (secondary N) is 1. The van der Waals surface area contributed by atoms with Crippen molar-refractivity contribution in [1.82, 2.24) is 5.43 Å². The number of halogens is 1. The van der Waals surface area contributed by atoms with Gasteiger partial charge in [0.05, 0.1) is 17.8 Å². The van der Waals surface area contributed by atoms with Crippen molar-refractivity contribution in [1.29, 1.82) is 0 Å². The molecule has 120 valence electrons. The molecule has 23 heavy (non-hydrogen) atoms. The molecule has 2 aromatic carbocycles. The number of phenols is 1. The molecular weight excluding hydrogens is 360 g/mol. The molecule has 1 amide bonds. The first-order valence-electron chi connectivity index (χ1n) is 7.02. The zero-order chi connectivity index (χ0) is 16.7. The fourth-order valence-corrected chi connectivity index (χ4v) is 2.42. The van der Waals surface area contributed by atoms with Gasteiger partial charge in [-0.05, 0) is 45.6 Å². The van der Waals surface area contributed by atoms with E-state index in [2.05, 4.69) is 26.5 Å². The summed E-state index contributed by atoms with van der Waals surface area (Å²) in [4.78, 5) is 11.8. The van der Waals surface area contributed by atoms with Crippen LogP contribution in [0.1, 0.15) is 17.5 Å². The Hall–Kier alpha value is -2.34. The predicted molar refractivity (Wildman–Crippen MR) is 92.9 cm³/mol. The van der Waals surface area contributed by atoms with Gasteiger partial charge in [-0.15, -0.1) is 0 Å². The van der Waals surface area contributed by atoms with E-state index >= 15 is 0 Å². The minimum atomic E-state index is -0.157. The van der Waals surface area contributed by atoms with Crippen LogP contribution in [0.25, 0.3) is 0 Å². The Labute approximate surface area is 143 Å². The second-order valence-corrected chi connectivity index (χ2v) is 5.69. The van der Waals surface area contributed by atoms with E-state index in [1.165, 1.54) is 13.3 Å². The third-order valence-corrected chi connectivity index (χ3v) is 3.76. The number of carbonyl (C=O) groups excluding carboxylic acids is 1. The summed E-state index contributed by atoms with van der Waals surface area (Å²) in [5, 5.41) is 13.6. The Morgan fingerprint density at radius 2 is 2.09 bits per heavy atom. The first-order chi connectivity index (χ1) is 11.1. The van der Waals surface area contributed by atoms with Crippen LogP contribution in [0, 0.1) is 0 Å². The molecule has 0 atom stereocenters. The SMILES string of the molecule is COc1cc(C=NNC(=O)CCc2ccccc2)cc(Br)c1O. The largest absolute Gasteiger partial charge is 0.503 e. The topological polar surface area (TPSA) is 70.9 Å². The number of methoxy groups -OCH3 is 1. The van der Waals surface area contributed by atoms with Crippen molar-refractivity contribution >= 4 is 28.1 Å². The van der Waals surface area contributed by atoms with E-state index < -0.39 is 0 Å². The third kappa shape index (κ3) is 5.10. The highest BCUT2D eigenvalue weighted by atomic mass is 79.9. The average molecular weight is 377 g/mol. The van der Waals surface area contributed by atoms with Gasteiger partial charge in [0.25, 0.3) is 0 Å². The van der Waals surface area contributed by atoms with Gasteiger partial charge in [-0.3, -0.25) is 4.79 Å². The Balaban J connectivity index is 1.89. The lowest BCUT2D eigenvalue weighted by Crippen LogP contribution is -2.17. The Morgan fingerprint density at radius 3 is 2.78 bits per heavy atom. The zero-order valence-corrected chi connectivity index (χ0v) is 14.2. The Kier molecular flexibility index (Phi) is 6.17. The van der Waals surface area contributed by atoms with Crippen LogP contribution in [0.4, 0.5) is 0 Å². The lowest BCUT2D eigenvalue weighted by atomic mass is 10.1. The number of benzene rings is 2. The fourth-order valence-electron chi connectivity index (χ4n) is 1.96. The maximum absolute atomic E-state index is 11.8. The van der Waals surface area contributed by atoms with E-state index in [-0.39, 0.29) is 11.7 Å². The number of carbonyl (C=O) groups is 1. The number of nitrogens with zero attached hydrogens (tertiary/aromatic N) is 1. The molecule has 6 heteroatoms. The van der Waals surface area contributed by atoms with Gasteiger partial charge in [0, 0.05) is 6.42 Å². The smallest absolute Gasteiger partial charge is 0.240 e. The summed E-state index contributed by atoms with van der Waals surface area (Å²) in [6, 6.07) is 13.1. The molecule has 0 spiro atoms. The minimum absolute atomic E-state index is 0.0246. The summed E-state index contributed by atoms with van der Waals surface area (Å²) < 4.78 is 5.55. The number of rotatable bonds is 6. The highest BCUT2D eigenvalue weighted by molar-refractivity contribution is 9.10. The van der Waals surface area contributed by atoms with Crippen LogP contribution in [0.15, 0.2) is 52.0 Å². The van der Waals surface area contributed by atoms with Crippen molar-refractivity contribution in [3.63, 3.8) is 0 Å². The molecule has 0 aliphatic heterocycles. The maximum Gasteiger partial charge on any atom is 0.240 e. The summed E-state index contributed by atoms with van der Waals surface area (Å²) in [5.74, 6) is 0.197. The van der Waals surface area contributed by atoms with Gasteiger partial charge < -0.3 is 9.84 Å². The molecule has 0 bridgehead atoms. The summed E-state index contributed by atoms with van der Waals surface area (Å²) in [5.41, 5.74) is 4.28. The number of ether oxygens (including phenoxy) is 1. The number of hydrogen-bond acceptors (Lipinski definition) is 4. The van der Waals surface area contributed by atoms with Gasteiger partial charge in [-0.2, -0.15) is 5.10 Å². The Bertz CT molecular complexity index is 702. The van der Waals surface area contributed by atoms with E-state index in [0.29, 0.717) is 28.6 Å². The molecule has 0 saturated heterocycles. The number of amides is 1. The van der Waals surface area contributed by atoms with Crippen molar-refractivity contribution in [3.05, 3.63) is 58.1 Å². The molecule has 0 radical (unpaired) electrons. The molecule has 0 saturated carbocycles. The number of hydrazone groups is 1. The number of aryl methyl sites for hydroxylation is 1. The van der Waals surface area contributed by atoms with Crippen molar-refractivity contribution in [2.75, 3.05) is 7.11 Å². The molecule has 0 aliphatic carbocycles. The maximum atomic E-state index is 11.8. The molecule has 0 aliphatic rings. The average Bonchev–Trinajstić information content (AvgIpc) is 2.57. The fraction of sp³-hybridized carbons (Fsp3) is 0.176. The Morgan fingerprint density at radius 1 is 1.35 bits per heavy atom. The summed E-state index contributed by atoms with van der Waals surface area (Å²) in [6.45, 7) is 0. The van der Waals surface area contributed by atoms with Crippen LogP contribution in [0.2, 0.25) is 0 Å². The molecule has 2 aromatic rings. The van der Waals surface area contributed by atoms with Crippen LogP contribution in [0.3, 0.4) is 0 Å². The highest BCUT2D eigenvalue weighted by Crippen LogP contribution is 2.34. The molecule has 5 nitrogen and oxygen atoms in total. The molecule has 2 rings (SSSR count). The van der Waals surface area contributed by atoms with Gasteiger partial charge in [0.2, 0.25) is 5.91 Å². The first-order valence-corrected chi connectivity index (χ1v) is 7.82. The van der Waals surface area contributed by atoms with Gasteiger partial charge in [0.1, 0.15) is 0 Å². The summed E-state index contributed by atoms with van der Waals surface area (Å²) in [7, 11) is 1.47. The van der Waals surface area contributed by atoms with Crippen LogP contribution in [0.5, 0.6) is 11.5 Å². The molecule has 0 aromatic heterocycles. The molecule has 0 heterocycles. The lowest BCUT2D eigenvalue weighted by Gasteiger charge is -2.06. The van der Waals surface area contributed by atoms with Crippen molar-refractivity contribution in [2.45, 2.75) is 12.8 Å². The molecule has 0 unspecified atom stereocenters. The minimum Gasteiger partial charge on any atom is -0.503 e. The van der Waals surface area contributed by atoms with Crippen LogP contribution >= 0.6 is 15.9 Å². The van der Waals surface area contributed by atoms with E-state index in [1.54, 1.807) is 12.1 Å². The highest BCUT2D eigenvalue weighted by Gasteiger charge is 2.07. The second kappa shape index (κ2) is 8.33. The molecular formula is C17H17BrN2O3. The van der Waals surface area contributed by atoms with E-state index in [1.807, 2.05) is 30.3 Å². The predicted octanol–water partition coefficient (Wildman–Crippen LogP) is 3.25. The lowest BCUT2D eigenvalue weighted by molar-refractivity contribution is -0.121. The first kappa shape index (κ1) is 17.0. The number of phenolic OH excluding ortho intramolecular Hbond substituents is 1. The number of hydrogen-bond donors (Lipinski definition) is 2. The summed E-state index contributed by atoms with van der Waals surface area (Å²) >= 11 is 3.23. The number of aromatic hydroxyl groups is 1.